The fraction of sp³-hybridized carbons (Fsp3) is 0.800. The zero-order valence-electron chi connectivity index (χ0n) is 8.35. The van der Waals surface area contributed by atoms with Gasteiger partial charge < -0.3 is 9.05 Å². The van der Waals surface area contributed by atoms with Crippen LogP contribution in [0.4, 0.5) is 0 Å². The van der Waals surface area contributed by atoms with E-state index in [0.717, 1.165) is 25.7 Å². The minimum absolute atomic E-state index is 0.138. The molecule has 0 heterocycles. The molecule has 2 saturated carbocycles. The maximum Gasteiger partial charge on any atom is 0.354 e. The van der Waals surface area contributed by atoms with Crippen LogP contribution in [0.15, 0.2) is 12.4 Å². The molecule has 0 saturated heterocycles. The van der Waals surface area contributed by atoms with Crippen LogP contribution in [-0.2, 0) is 13.6 Å². The standard InChI is InChI=1S/C10H17O3P/c1-2-14(11,12-9-5-3-6-9)13-10-7-4-8-10/h2,9-10H,1,3-8H2. The van der Waals surface area contributed by atoms with E-state index in [2.05, 4.69) is 6.58 Å². The third-order valence-corrected chi connectivity index (χ3v) is 4.55. The third-order valence-electron chi connectivity index (χ3n) is 2.92. The summed E-state index contributed by atoms with van der Waals surface area (Å²) in [7, 11) is -2.98. The molecule has 2 rings (SSSR count). The number of hydrogen-bond donors (Lipinski definition) is 0. The van der Waals surface area contributed by atoms with Crippen LogP contribution in [0.25, 0.3) is 0 Å². The van der Waals surface area contributed by atoms with Crippen molar-refractivity contribution < 1.29 is 13.6 Å². The molecule has 0 aromatic rings. The predicted octanol–water partition coefficient (Wildman–Crippen LogP) is 3.46. The predicted molar refractivity (Wildman–Crippen MR) is 55.3 cm³/mol. The summed E-state index contributed by atoms with van der Waals surface area (Å²) < 4.78 is 22.9. The van der Waals surface area contributed by atoms with Crippen molar-refractivity contribution in [2.24, 2.45) is 0 Å². The normalized spacial score (nSPS) is 24.0. The first kappa shape index (κ1) is 10.4. The topological polar surface area (TPSA) is 35.5 Å². The zero-order chi connectivity index (χ0) is 10.0. The molecule has 0 bridgehead atoms. The first-order valence-electron chi connectivity index (χ1n) is 5.32. The molecular formula is C10H17O3P. The Bertz CT molecular complexity index is 236. The molecule has 0 aromatic carbocycles. The summed E-state index contributed by atoms with van der Waals surface area (Å²) in [6.07, 6.45) is 6.64. The first-order chi connectivity index (χ1) is 6.72. The lowest BCUT2D eigenvalue weighted by atomic mass is 9.97. The van der Waals surface area contributed by atoms with E-state index in [1.165, 1.54) is 18.7 Å². The largest absolute Gasteiger partial charge is 0.354 e. The molecule has 0 N–H and O–H groups in total. The Morgan fingerprint density at radius 1 is 1.07 bits per heavy atom. The van der Waals surface area contributed by atoms with E-state index in [0.29, 0.717) is 0 Å². The minimum Gasteiger partial charge on any atom is -0.302 e. The molecule has 2 aliphatic carbocycles. The van der Waals surface area contributed by atoms with E-state index in [9.17, 15) is 4.57 Å². The highest BCUT2D eigenvalue weighted by Gasteiger charge is 2.33. The molecule has 3 nitrogen and oxygen atoms in total. The van der Waals surface area contributed by atoms with Gasteiger partial charge in [0.1, 0.15) is 0 Å². The van der Waals surface area contributed by atoms with Crippen LogP contribution in [-0.4, -0.2) is 12.2 Å². The highest BCUT2D eigenvalue weighted by Crippen LogP contribution is 2.55. The summed E-state index contributed by atoms with van der Waals surface area (Å²) >= 11 is 0. The molecule has 0 radical (unpaired) electrons. The lowest BCUT2D eigenvalue weighted by Gasteiger charge is -2.33. The Morgan fingerprint density at radius 3 is 1.71 bits per heavy atom. The maximum absolute atomic E-state index is 12.0. The average Bonchev–Trinajstić information content (AvgIpc) is 2.05. The fourth-order valence-corrected chi connectivity index (χ4v) is 2.95. The van der Waals surface area contributed by atoms with Crippen molar-refractivity contribution >= 4 is 7.60 Å². The summed E-state index contributed by atoms with van der Waals surface area (Å²) in [4.78, 5) is 0. The Balaban J connectivity index is 1.86. The van der Waals surface area contributed by atoms with Gasteiger partial charge >= 0.3 is 7.60 Å². The molecule has 0 atom stereocenters. The second-order valence-electron chi connectivity index (χ2n) is 4.04. The van der Waals surface area contributed by atoms with Crippen LogP contribution in [0.3, 0.4) is 0 Å². The van der Waals surface area contributed by atoms with Gasteiger partial charge in [0, 0.05) is 5.82 Å². The Morgan fingerprint density at radius 2 is 1.50 bits per heavy atom. The molecule has 0 aliphatic heterocycles. The van der Waals surface area contributed by atoms with Crippen LogP contribution in [0, 0.1) is 0 Å². The lowest BCUT2D eigenvalue weighted by molar-refractivity contribution is 0.0536. The summed E-state index contributed by atoms with van der Waals surface area (Å²) in [5, 5.41) is 0. The van der Waals surface area contributed by atoms with Gasteiger partial charge in [0.15, 0.2) is 0 Å². The van der Waals surface area contributed by atoms with Crippen molar-refractivity contribution in [2.45, 2.75) is 50.7 Å². The van der Waals surface area contributed by atoms with E-state index in [-0.39, 0.29) is 12.2 Å². The van der Waals surface area contributed by atoms with Gasteiger partial charge in [-0.15, -0.1) is 0 Å². The van der Waals surface area contributed by atoms with Crippen LogP contribution in [0.5, 0.6) is 0 Å². The van der Waals surface area contributed by atoms with Crippen molar-refractivity contribution in [1.29, 1.82) is 0 Å². The molecule has 0 unspecified atom stereocenters. The third kappa shape index (κ3) is 2.28. The molecule has 0 amide bonds. The molecule has 14 heavy (non-hydrogen) atoms. The fourth-order valence-electron chi connectivity index (χ4n) is 1.48. The van der Waals surface area contributed by atoms with E-state index in [1.54, 1.807) is 0 Å². The lowest BCUT2D eigenvalue weighted by Crippen LogP contribution is -2.24. The van der Waals surface area contributed by atoms with Gasteiger partial charge in [-0.1, -0.05) is 6.58 Å². The maximum atomic E-state index is 12.0. The Kier molecular flexibility index (Phi) is 3.10. The number of rotatable bonds is 5. The quantitative estimate of drug-likeness (QED) is 0.660. The van der Waals surface area contributed by atoms with Gasteiger partial charge in [-0.3, -0.25) is 4.57 Å². The Labute approximate surface area is 85.0 Å². The SMILES string of the molecule is C=CP(=O)(OC1CCC1)OC1CCC1. The zero-order valence-corrected chi connectivity index (χ0v) is 9.25. The summed E-state index contributed by atoms with van der Waals surface area (Å²) in [6.45, 7) is 3.54. The molecule has 2 fully saturated rings. The van der Waals surface area contributed by atoms with Crippen LogP contribution in [0.2, 0.25) is 0 Å². The van der Waals surface area contributed by atoms with E-state index < -0.39 is 7.60 Å². The van der Waals surface area contributed by atoms with Crippen molar-refractivity contribution in [3.8, 4) is 0 Å². The summed E-state index contributed by atoms with van der Waals surface area (Å²) in [5.74, 6) is 1.35. The van der Waals surface area contributed by atoms with Gasteiger partial charge in [-0.05, 0) is 38.5 Å². The summed E-state index contributed by atoms with van der Waals surface area (Å²) in [5.41, 5.74) is 0. The van der Waals surface area contributed by atoms with E-state index >= 15 is 0 Å². The molecule has 80 valence electrons. The molecular weight excluding hydrogens is 199 g/mol. The van der Waals surface area contributed by atoms with Gasteiger partial charge in [0.2, 0.25) is 0 Å². The molecule has 2 aliphatic rings. The van der Waals surface area contributed by atoms with Crippen LogP contribution in [0.1, 0.15) is 38.5 Å². The van der Waals surface area contributed by atoms with E-state index in [4.69, 9.17) is 9.05 Å². The molecule has 0 spiro atoms. The van der Waals surface area contributed by atoms with Gasteiger partial charge in [0.25, 0.3) is 0 Å². The van der Waals surface area contributed by atoms with Crippen molar-refractivity contribution in [3.05, 3.63) is 12.4 Å². The van der Waals surface area contributed by atoms with Crippen molar-refractivity contribution in [2.75, 3.05) is 0 Å². The molecule has 0 aromatic heterocycles. The van der Waals surface area contributed by atoms with E-state index in [1.807, 2.05) is 0 Å². The summed E-state index contributed by atoms with van der Waals surface area (Å²) in [6, 6.07) is 0. The highest BCUT2D eigenvalue weighted by molar-refractivity contribution is 7.57. The van der Waals surface area contributed by atoms with Crippen LogP contribution < -0.4 is 0 Å². The smallest absolute Gasteiger partial charge is 0.302 e. The van der Waals surface area contributed by atoms with Gasteiger partial charge in [0.05, 0.1) is 12.2 Å². The van der Waals surface area contributed by atoms with Gasteiger partial charge in [-0.2, -0.15) is 0 Å². The van der Waals surface area contributed by atoms with Gasteiger partial charge in [-0.25, -0.2) is 0 Å². The molecule has 4 heteroatoms. The highest BCUT2D eigenvalue weighted by atomic mass is 31.2. The number of hydrogen-bond acceptors (Lipinski definition) is 3. The first-order valence-corrected chi connectivity index (χ1v) is 6.93. The Hall–Kier alpha value is -0.110. The van der Waals surface area contributed by atoms with Crippen molar-refractivity contribution in [1.82, 2.24) is 0 Å². The average molecular weight is 216 g/mol. The monoisotopic (exact) mass is 216 g/mol. The second kappa shape index (κ2) is 4.18. The minimum atomic E-state index is -2.98. The van der Waals surface area contributed by atoms with Crippen LogP contribution >= 0.6 is 7.60 Å². The second-order valence-corrected chi connectivity index (χ2v) is 5.91. The van der Waals surface area contributed by atoms with Crippen molar-refractivity contribution in [3.63, 3.8) is 0 Å².